The van der Waals surface area contributed by atoms with Gasteiger partial charge in [-0.15, -0.1) is 11.3 Å². The molecule has 0 aliphatic carbocycles. The number of aldehydes is 1. The fraction of sp³-hybridized carbons (Fsp3) is 0.500. The Morgan fingerprint density at radius 2 is 2.05 bits per heavy atom. The molecule has 0 aliphatic heterocycles. The molecule has 0 spiro atoms. The monoisotopic (exact) mass is 349 g/mol. The van der Waals surface area contributed by atoms with Gasteiger partial charge in [-0.2, -0.15) is 17.9 Å². The molecule has 0 aromatic carbocycles. The van der Waals surface area contributed by atoms with E-state index in [-0.39, 0.29) is 14.8 Å². The van der Waals surface area contributed by atoms with Crippen molar-refractivity contribution in [1.82, 2.24) is 4.72 Å². The normalized spacial score (nSPS) is 15.8. The van der Waals surface area contributed by atoms with Gasteiger partial charge in [0, 0.05) is 6.42 Å². The summed E-state index contributed by atoms with van der Waals surface area (Å²) in [5.74, 6) is -1.21. The van der Waals surface area contributed by atoms with Crippen LogP contribution >= 0.6 is 22.9 Å². The average Bonchev–Trinajstić information content (AvgIpc) is 2.71. The molecule has 0 aliphatic rings. The van der Waals surface area contributed by atoms with Crippen molar-refractivity contribution in [1.29, 1.82) is 0 Å². The Kier molecular flexibility index (Phi) is 5.59. The Morgan fingerprint density at radius 3 is 2.45 bits per heavy atom. The van der Waals surface area contributed by atoms with E-state index < -0.39 is 34.6 Å². The first-order chi connectivity index (χ1) is 9.05. The molecule has 2 atom stereocenters. The summed E-state index contributed by atoms with van der Waals surface area (Å²) >= 11 is 6.34. The quantitative estimate of drug-likeness (QED) is 0.803. The molecule has 20 heavy (non-hydrogen) atoms. The smallest absolute Gasteiger partial charge is 0.302 e. The maximum atomic E-state index is 12.3. The van der Waals surface area contributed by atoms with Crippen LogP contribution in [0.2, 0.25) is 4.34 Å². The van der Waals surface area contributed by atoms with Gasteiger partial charge in [-0.25, -0.2) is 8.42 Å². The third-order valence-electron chi connectivity index (χ3n) is 2.42. The van der Waals surface area contributed by atoms with Crippen LogP contribution < -0.4 is 4.72 Å². The predicted octanol–water partition coefficient (Wildman–Crippen LogP) is 2.84. The minimum Gasteiger partial charge on any atom is -0.302 e. The Bertz CT molecular complexity index is 571. The summed E-state index contributed by atoms with van der Waals surface area (Å²) in [5.41, 5.74) is 0. The number of halogens is 4. The van der Waals surface area contributed by atoms with Crippen LogP contribution in [0.3, 0.4) is 0 Å². The van der Waals surface area contributed by atoms with Crippen LogP contribution in [0.25, 0.3) is 0 Å². The third kappa shape index (κ3) is 5.04. The van der Waals surface area contributed by atoms with Crippen LogP contribution in [0.4, 0.5) is 13.2 Å². The first kappa shape index (κ1) is 17.4. The number of nitrogens with one attached hydrogen (secondary N) is 1. The lowest BCUT2D eigenvalue weighted by molar-refractivity contribution is -0.145. The second-order valence-electron chi connectivity index (χ2n) is 4.14. The van der Waals surface area contributed by atoms with Crippen molar-refractivity contribution in [2.75, 3.05) is 0 Å². The molecular formula is C10H11ClF3NO3S2. The minimum atomic E-state index is -4.47. The number of rotatable bonds is 6. The molecule has 2 unspecified atom stereocenters. The maximum Gasteiger partial charge on any atom is 0.389 e. The van der Waals surface area contributed by atoms with Crippen molar-refractivity contribution >= 4 is 39.2 Å². The summed E-state index contributed by atoms with van der Waals surface area (Å²) in [6.45, 7) is 1.15. The molecule has 10 heteroatoms. The molecule has 0 amide bonds. The van der Waals surface area contributed by atoms with Gasteiger partial charge in [0.2, 0.25) is 0 Å². The molecule has 1 aromatic rings. The second-order valence-corrected chi connectivity index (χ2v) is 7.79. The van der Waals surface area contributed by atoms with Crippen LogP contribution in [-0.2, 0) is 14.8 Å². The zero-order chi connectivity index (χ0) is 15.6. The molecular weight excluding hydrogens is 339 g/mol. The molecule has 1 aromatic heterocycles. The summed E-state index contributed by atoms with van der Waals surface area (Å²) in [6, 6.07) is 1.10. The van der Waals surface area contributed by atoms with E-state index in [0.717, 1.165) is 18.3 Å². The minimum absolute atomic E-state index is 0.156. The van der Waals surface area contributed by atoms with E-state index in [2.05, 4.69) is 0 Å². The average molecular weight is 350 g/mol. The van der Waals surface area contributed by atoms with Gasteiger partial charge in [0.15, 0.2) is 0 Å². The van der Waals surface area contributed by atoms with E-state index in [1.807, 2.05) is 4.72 Å². The summed E-state index contributed by atoms with van der Waals surface area (Å²) in [4.78, 5) is 10.8. The Morgan fingerprint density at radius 1 is 1.45 bits per heavy atom. The molecule has 4 nitrogen and oxygen atoms in total. The Hall–Kier alpha value is -0.640. The predicted molar refractivity (Wildman–Crippen MR) is 69.3 cm³/mol. The standard InChI is InChI=1S/C10H11ClF3NO3S2/c1-6(4-10(12,13)14)7(5-16)15-20(17,18)9-3-2-8(11)19-9/h2-3,5-7,15H,4H2,1H3. The van der Waals surface area contributed by atoms with Crippen LogP contribution in [0.15, 0.2) is 16.3 Å². The summed E-state index contributed by atoms with van der Waals surface area (Å²) in [5, 5.41) is 0. The van der Waals surface area contributed by atoms with Crippen LogP contribution in [0, 0.1) is 5.92 Å². The molecule has 1 rings (SSSR count). The summed E-state index contributed by atoms with van der Waals surface area (Å²) in [7, 11) is -4.07. The van der Waals surface area contributed by atoms with Crippen LogP contribution in [0.5, 0.6) is 0 Å². The number of hydrogen-bond acceptors (Lipinski definition) is 4. The van der Waals surface area contributed by atoms with Gasteiger partial charge in [0.25, 0.3) is 10.0 Å². The van der Waals surface area contributed by atoms with Gasteiger partial charge in [-0.3, -0.25) is 0 Å². The van der Waals surface area contributed by atoms with Crippen molar-refractivity contribution in [2.45, 2.75) is 29.8 Å². The van der Waals surface area contributed by atoms with Gasteiger partial charge >= 0.3 is 6.18 Å². The lowest BCUT2D eigenvalue weighted by Crippen LogP contribution is -2.41. The van der Waals surface area contributed by atoms with Crippen molar-refractivity contribution in [3.63, 3.8) is 0 Å². The highest BCUT2D eigenvalue weighted by molar-refractivity contribution is 7.91. The lowest BCUT2D eigenvalue weighted by Gasteiger charge is -2.20. The molecule has 0 radical (unpaired) electrons. The SMILES string of the molecule is CC(CC(F)(F)F)C(C=O)NS(=O)(=O)c1ccc(Cl)s1. The fourth-order valence-corrected chi connectivity index (χ4v) is 4.23. The van der Waals surface area contributed by atoms with Gasteiger partial charge < -0.3 is 4.79 Å². The van der Waals surface area contributed by atoms with Crippen molar-refractivity contribution < 1.29 is 26.4 Å². The molecule has 0 bridgehead atoms. The van der Waals surface area contributed by atoms with Crippen LogP contribution in [0.1, 0.15) is 13.3 Å². The third-order valence-corrected chi connectivity index (χ3v) is 5.60. The Labute approximate surface area is 123 Å². The first-order valence-corrected chi connectivity index (χ1v) is 8.02. The molecule has 0 fully saturated rings. The van der Waals surface area contributed by atoms with Crippen LogP contribution in [-0.4, -0.2) is 26.9 Å². The van der Waals surface area contributed by atoms with Gasteiger partial charge in [0.05, 0.1) is 10.4 Å². The molecule has 0 saturated heterocycles. The van der Waals surface area contributed by atoms with Crippen molar-refractivity contribution in [3.8, 4) is 0 Å². The van der Waals surface area contributed by atoms with E-state index in [1.54, 1.807) is 0 Å². The molecule has 114 valence electrons. The zero-order valence-corrected chi connectivity index (χ0v) is 12.5. The fourth-order valence-electron chi connectivity index (χ4n) is 1.45. The van der Waals surface area contributed by atoms with E-state index in [9.17, 15) is 26.4 Å². The number of hydrogen-bond donors (Lipinski definition) is 1. The Balaban J connectivity index is 2.85. The summed E-state index contributed by atoms with van der Waals surface area (Å²) in [6.07, 6.45) is -5.58. The van der Waals surface area contributed by atoms with Gasteiger partial charge in [-0.05, 0) is 18.1 Å². The van der Waals surface area contributed by atoms with E-state index in [4.69, 9.17) is 11.6 Å². The molecule has 0 saturated carbocycles. The van der Waals surface area contributed by atoms with E-state index in [1.165, 1.54) is 12.1 Å². The largest absolute Gasteiger partial charge is 0.389 e. The number of sulfonamides is 1. The van der Waals surface area contributed by atoms with Gasteiger partial charge in [-0.1, -0.05) is 18.5 Å². The topological polar surface area (TPSA) is 63.2 Å². The molecule has 1 heterocycles. The van der Waals surface area contributed by atoms with E-state index in [0.29, 0.717) is 0 Å². The highest BCUT2D eigenvalue weighted by Gasteiger charge is 2.35. The number of thiophene rings is 1. The van der Waals surface area contributed by atoms with Crippen molar-refractivity contribution in [2.24, 2.45) is 5.92 Å². The van der Waals surface area contributed by atoms with E-state index >= 15 is 0 Å². The number of carbonyl (C=O) groups is 1. The highest BCUT2D eigenvalue weighted by atomic mass is 35.5. The van der Waals surface area contributed by atoms with Gasteiger partial charge in [0.1, 0.15) is 10.5 Å². The number of alkyl halides is 3. The summed E-state index contributed by atoms with van der Waals surface area (Å²) < 4.78 is 62.5. The lowest BCUT2D eigenvalue weighted by atomic mass is 10.0. The molecule has 1 N–H and O–H groups in total. The zero-order valence-electron chi connectivity index (χ0n) is 10.1. The number of carbonyl (C=O) groups excluding carboxylic acids is 1. The highest BCUT2D eigenvalue weighted by Crippen LogP contribution is 2.28. The first-order valence-electron chi connectivity index (χ1n) is 5.35. The maximum absolute atomic E-state index is 12.3. The van der Waals surface area contributed by atoms with Crippen molar-refractivity contribution in [3.05, 3.63) is 16.5 Å². The second kappa shape index (κ2) is 6.42.